The summed E-state index contributed by atoms with van der Waals surface area (Å²) in [5.41, 5.74) is 2.46. The second kappa shape index (κ2) is 12.0. The summed E-state index contributed by atoms with van der Waals surface area (Å²) in [6.07, 6.45) is 5.47. The van der Waals surface area contributed by atoms with Crippen LogP contribution in [-0.2, 0) is 16.7 Å². The van der Waals surface area contributed by atoms with E-state index in [9.17, 15) is 17.8 Å². The lowest BCUT2D eigenvalue weighted by atomic mass is 10.0. The Morgan fingerprint density at radius 1 is 1.03 bits per heavy atom. The lowest BCUT2D eigenvalue weighted by Crippen LogP contribution is -2.44. The van der Waals surface area contributed by atoms with Gasteiger partial charge in [0.1, 0.15) is 17.2 Å². The van der Waals surface area contributed by atoms with Crippen molar-refractivity contribution in [2.24, 2.45) is 0 Å². The molecule has 0 unspecified atom stereocenters. The number of rotatable bonds is 10. The average molecular weight is 542 g/mol. The number of carbonyl (C=O) groups excluding carboxylic acids is 1. The summed E-state index contributed by atoms with van der Waals surface area (Å²) in [6, 6.07) is 12.4. The molecule has 0 aliphatic carbocycles. The maximum atomic E-state index is 12.9. The molecular formula is C28H35N3O6S. The highest BCUT2D eigenvalue weighted by Crippen LogP contribution is 2.35. The highest BCUT2D eigenvalue weighted by molar-refractivity contribution is 7.85. The number of aromatic nitrogens is 1. The topological polar surface area (TPSA) is 110 Å². The zero-order valence-electron chi connectivity index (χ0n) is 22.0. The second-order valence-electron chi connectivity index (χ2n) is 9.32. The molecule has 1 saturated heterocycles. The monoisotopic (exact) mass is 541 g/mol. The van der Waals surface area contributed by atoms with E-state index in [0.29, 0.717) is 13.2 Å². The van der Waals surface area contributed by atoms with Gasteiger partial charge in [-0.1, -0.05) is 6.07 Å². The van der Waals surface area contributed by atoms with E-state index in [1.165, 1.54) is 19.1 Å². The van der Waals surface area contributed by atoms with Crippen LogP contribution in [0.5, 0.6) is 11.5 Å². The van der Waals surface area contributed by atoms with E-state index in [1.54, 1.807) is 6.07 Å². The molecule has 204 valence electrons. The number of nitrogens with one attached hydrogen (secondary N) is 1. The first-order valence-electron chi connectivity index (χ1n) is 12.9. The quantitative estimate of drug-likeness (QED) is 0.370. The van der Waals surface area contributed by atoms with Gasteiger partial charge in [0.25, 0.3) is 16.0 Å². The molecule has 0 saturated carbocycles. The summed E-state index contributed by atoms with van der Waals surface area (Å²) in [5.74, 6) is 1.21. The SMILES string of the molecule is CCOc1cc(CN2CCC(NC(=O)c3cccc(S(=O)(=O)O)c3C)CC2)cc(OCC)c1-n1cccc1. The number of benzene rings is 2. The van der Waals surface area contributed by atoms with E-state index >= 15 is 0 Å². The molecule has 10 heteroatoms. The smallest absolute Gasteiger partial charge is 0.294 e. The minimum Gasteiger partial charge on any atom is -0.492 e. The van der Waals surface area contributed by atoms with Crippen LogP contribution in [0.15, 0.2) is 59.8 Å². The van der Waals surface area contributed by atoms with Crippen LogP contribution in [0.2, 0.25) is 0 Å². The number of ether oxygens (including phenoxy) is 2. The van der Waals surface area contributed by atoms with Gasteiger partial charge in [0.05, 0.1) is 18.1 Å². The molecule has 0 bridgehead atoms. The van der Waals surface area contributed by atoms with Crippen molar-refractivity contribution >= 4 is 16.0 Å². The molecule has 0 radical (unpaired) electrons. The summed E-state index contributed by atoms with van der Waals surface area (Å²) in [7, 11) is -4.39. The van der Waals surface area contributed by atoms with Gasteiger partial charge in [0.2, 0.25) is 0 Å². The van der Waals surface area contributed by atoms with Gasteiger partial charge >= 0.3 is 0 Å². The minimum absolute atomic E-state index is 0.0263. The van der Waals surface area contributed by atoms with Gasteiger partial charge in [-0.05, 0) is 81.1 Å². The van der Waals surface area contributed by atoms with Crippen molar-refractivity contribution in [2.45, 2.75) is 51.1 Å². The Labute approximate surface area is 224 Å². The molecule has 1 amide bonds. The second-order valence-corrected chi connectivity index (χ2v) is 10.7. The van der Waals surface area contributed by atoms with E-state index in [1.807, 2.05) is 42.9 Å². The summed E-state index contributed by atoms with van der Waals surface area (Å²) in [4.78, 5) is 15.0. The van der Waals surface area contributed by atoms with Gasteiger partial charge in [-0.3, -0.25) is 14.2 Å². The van der Waals surface area contributed by atoms with Gasteiger partial charge in [0, 0.05) is 43.6 Å². The molecule has 2 heterocycles. The van der Waals surface area contributed by atoms with E-state index in [-0.39, 0.29) is 28.0 Å². The number of likely N-dealkylation sites (tertiary alicyclic amines) is 1. The minimum atomic E-state index is -4.39. The lowest BCUT2D eigenvalue weighted by Gasteiger charge is -2.32. The van der Waals surface area contributed by atoms with Crippen molar-refractivity contribution in [2.75, 3.05) is 26.3 Å². The largest absolute Gasteiger partial charge is 0.492 e. The van der Waals surface area contributed by atoms with Gasteiger partial charge in [-0.2, -0.15) is 8.42 Å². The first kappa shape index (κ1) is 27.7. The Hall–Kier alpha value is -3.34. The van der Waals surface area contributed by atoms with Crippen molar-refractivity contribution in [3.8, 4) is 17.2 Å². The number of piperidine rings is 1. The molecule has 9 nitrogen and oxygen atoms in total. The van der Waals surface area contributed by atoms with Crippen LogP contribution in [0.3, 0.4) is 0 Å². The molecule has 3 aromatic rings. The zero-order valence-corrected chi connectivity index (χ0v) is 22.8. The molecule has 2 aromatic carbocycles. The van der Waals surface area contributed by atoms with Crippen LogP contribution in [0.25, 0.3) is 5.69 Å². The van der Waals surface area contributed by atoms with Gasteiger partial charge in [0.15, 0.2) is 0 Å². The van der Waals surface area contributed by atoms with Crippen molar-refractivity contribution in [3.63, 3.8) is 0 Å². The Morgan fingerprint density at radius 2 is 1.63 bits per heavy atom. The first-order chi connectivity index (χ1) is 18.2. The summed E-state index contributed by atoms with van der Waals surface area (Å²) >= 11 is 0. The number of hydrogen-bond donors (Lipinski definition) is 2. The molecule has 1 aromatic heterocycles. The van der Waals surface area contributed by atoms with Crippen molar-refractivity contribution in [1.29, 1.82) is 0 Å². The maximum Gasteiger partial charge on any atom is 0.294 e. The molecule has 2 N–H and O–H groups in total. The highest BCUT2D eigenvalue weighted by Gasteiger charge is 2.24. The molecule has 0 spiro atoms. The third-order valence-electron chi connectivity index (χ3n) is 6.70. The fourth-order valence-corrected chi connectivity index (χ4v) is 5.64. The molecule has 1 aliphatic heterocycles. The summed E-state index contributed by atoms with van der Waals surface area (Å²) in [5, 5.41) is 3.03. The number of nitrogens with zero attached hydrogens (tertiary/aromatic N) is 2. The number of carbonyl (C=O) groups is 1. The first-order valence-corrected chi connectivity index (χ1v) is 14.3. The Kier molecular flexibility index (Phi) is 8.76. The van der Waals surface area contributed by atoms with E-state index in [0.717, 1.165) is 55.2 Å². The van der Waals surface area contributed by atoms with Crippen LogP contribution in [-0.4, -0.2) is 60.7 Å². The summed E-state index contributed by atoms with van der Waals surface area (Å²) < 4.78 is 46.6. The number of hydrogen-bond acceptors (Lipinski definition) is 6. The fourth-order valence-electron chi connectivity index (χ4n) is 4.89. The Bertz CT molecular complexity index is 1340. The molecule has 4 rings (SSSR count). The van der Waals surface area contributed by atoms with Crippen molar-refractivity contribution in [1.82, 2.24) is 14.8 Å². The Balaban J connectivity index is 1.42. The molecule has 0 atom stereocenters. The molecule has 38 heavy (non-hydrogen) atoms. The van der Waals surface area contributed by atoms with Gasteiger partial charge < -0.3 is 19.4 Å². The van der Waals surface area contributed by atoms with E-state index in [2.05, 4.69) is 22.3 Å². The predicted molar refractivity (Wildman–Crippen MR) is 145 cm³/mol. The summed E-state index contributed by atoms with van der Waals surface area (Å²) in [6.45, 7) is 8.85. The van der Waals surface area contributed by atoms with Crippen LogP contribution in [0.1, 0.15) is 48.2 Å². The molecule has 1 fully saturated rings. The number of amides is 1. The van der Waals surface area contributed by atoms with Crippen LogP contribution in [0.4, 0.5) is 0 Å². The van der Waals surface area contributed by atoms with E-state index in [4.69, 9.17) is 9.47 Å². The zero-order chi connectivity index (χ0) is 27.3. The highest BCUT2D eigenvalue weighted by atomic mass is 32.2. The third-order valence-corrected chi connectivity index (χ3v) is 7.70. The predicted octanol–water partition coefficient (Wildman–Crippen LogP) is 4.22. The Morgan fingerprint density at radius 3 is 2.18 bits per heavy atom. The maximum absolute atomic E-state index is 12.9. The average Bonchev–Trinajstić information content (AvgIpc) is 3.39. The van der Waals surface area contributed by atoms with Gasteiger partial charge in [-0.25, -0.2) is 0 Å². The normalized spacial score (nSPS) is 14.8. The van der Waals surface area contributed by atoms with Crippen molar-refractivity contribution in [3.05, 3.63) is 71.5 Å². The van der Waals surface area contributed by atoms with Crippen LogP contribution < -0.4 is 14.8 Å². The van der Waals surface area contributed by atoms with E-state index < -0.39 is 10.1 Å². The third kappa shape index (κ3) is 6.38. The molecular weight excluding hydrogens is 506 g/mol. The van der Waals surface area contributed by atoms with Gasteiger partial charge in [-0.15, -0.1) is 0 Å². The fraction of sp³-hybridized carbons (Fsp3) is 0.393. The molecule has 1 aliphatic rings. The standard InChI is InChI=1S/C28H35N3O6S/c1-4-36-24-17-21(18-25(37-5-2)27(24)31-13-6-7-14-31)19-30-15-11-22(12-16-30)29-28(32)23-9-8-10-26(20(23)3)38(33,34)35/h6-10,13-14,17-18,22H,4-5,11-12,15-16,19H2,1-3H3,(H,29,32)(H,33,34,35). The van der Waals surface area contributed by atoms with Crippen LogP contribution >= 0.6 is 0 Å². The lowest BCUT2D eigenvalue weighted by molar-refractivity contribution is 0.0908. The van der Waals surface area contributed by atoms with Crippen molar-refractivity contribution < 1.29 is 27.2 Å². The van der Waals surface area contributed by atoms with Crippen LogP contribution in [0, 0.1) is 6.92 Å².